The maximum Gasteiger partial charge on any atom is 0.416 e. The molecular formula is C15H15F3N2O3S2. The molecule has 0 aliphatic rings. The number of alkyl halides is 3. The molecule has 0 atom stereocenters. The first-order valence-corrected chi connectivity index (χ1v) is 9.51. The quantitative estimate of drug-likeness (QED) is 0.711. The lowest BCUT2D eigenvalue weighted by atomic mass is 10.1. The van der Waals surface area contributed by atoms with Crippen molar-refractivity contribution in [1.82, 2.24) is 10.0 Å². The van der Waals surface area contributed by atoms with E-state index in [0.29, 0.717) is 0 Å². The molecular weight excluding hydrogens is 377 g/mol. The first-order chi connectivity index (χ1) is 11.7. The monoisotopic (exact) mass is 392 g/mol. The number of halogens is 3. The zero-order valence-electron chi connectivity index (χ0n) is 12.8. The zero-order chi connectivity index (χ0) is 18.5. The molecule has 1 amide bonds. The van der Waals surface area contributed by atoms with Crippen LogP contribution < -0.4 is 10.0 Å². The highest BCUT2D eigenvalue weighted by Gasteiger charge is 2.30. The number of nitrogens with one attached hydrogen (secondary N) is 2. The molecule has 0 radical (unpaired) electrons. The van der Waals surface area contributed by atoms with Gasteiger partial charge in [-0.25, -0.2) is 13.1 Å². The molecule has 0 saturated carbocycles. The summed E-state index contributed by atoms with van der Waals surface area (Å²) in [6.07, 6.45) is -4.69. The van der Waals surface area contributed by atoms with E-state index in [-0.39, 0.29) is 29.3 Å². The Morgan fingerprint density at radius 3 is 2.52 bits per heavy atom. The lowest BCUT2D eigenvalue weighted by Gasteiger charge is -2.09. The van der Waals surface area contributed by atoms with Crippen molar-refractivity contribution >= 4 is 27.3 Å². The standard InChI is InChI=1S/C15H15F3N2O3S2/c16-15(17,18)12-4-1-3-11(9-12)10-13(21)19-6-7-20-25(22,23)14-5-2-8-24-14/h1-5,8-9,20H,6-7,10H2,(H,19,21). The fourth-order valence-corrected chi connectivity index (χ4v) is 4.05. The predicted octanol–water partition coefficient (Wildman–Crippen LogP) is 2.40. The molecule has 136 valence electrons. The Hall–Kier alpha value is -1.91. The second kappa shape index (κ2) is 7.98. The summed E-state index contributed by atoms with van der Waals surface area (Å²) < 4.78 is 64.0. The van der Waals surface area contributed by atoms with Crippen LogP contribution in [0.15, 0.2) is 46.0 Å². The molecule has 0 unspecified atom stereocenters. The summed E-state index contributed by atoms with van der Waals surface area (Å²) in [6, 6.07) is 7.57. The first-order valence-electron chi connectivity index (χ1n) is 7.14. The van der Waals surface area contributed by atoms with Gasteiger partial charge in [-0.2, -0.15) is 13.2 Å². The number of amides is 1. The molecule has 2 aromatic rings. The van der Waals surface area contributed by atoms with Gasteiger partial charge in [0, 0.05) is 13.1 Å². The number of hydrogen-bond acceptors (Lipinski definition) is 4. The summed E-state index contributed by atoms with van der Waals surface area (Å²) in [6.45, 7) is 0.0109. The Bertz CT molecular complexity index is 819. The van der Waals surface area contributed by atoms with E-state index in [0.717, 1.165) is 23.5 Å². The minimum Gasteiger partial charge on any atom is -0.355 e. The molecule has 0 fully saturated rings. The van der Waals surface area contributed by atoms with Gasteiger partial charge in [-0.3, -0.25) is 4.79 Å². The normalized spacial score (nSPS) is 12.1. The van der Waals surface area contributed by atoms with Crippen molar-refractivity contribution in [3.8, 4) is 0 Å². The molecule has 25 heavy (non-hydrogen) atoms. The van der Waals surface area contributed by atoms with Gasteiger partial charge in [-0.15, -0.1) is 11.3 Å². The van der Waals surface area contributed by atoms with Crippen LogP contribution in [-0.4, -0.2) is 27.4 Å². The van der Waals surface area contributed by atoms with Crippen LogP contribution in [-0.2, 0) is 27.4 Å². The van der Waals surface area contributed by atoms with Gasteiger partial charge in [-0.1, -0.05) is 24.3 Å². The van der Waals surface area contributed by atoms with Gasteiger partial charge in [0.2, 0.25) is 15.9 Å². The van der Waals surface area contributed by atoms with Crippen molar-refractivity contribution in [3.05, 3.63) is 52.9 Å². The number of hydrogen-bond donors (Lipinski definition) is 2. The summed E-state index contributed by atoms with van der Waals surface area (Å²) in [5, 5.41) is 4.09. The van der Waals surface area contributed by atoms with E-state index < -0.39 is 27.7 Å². The molecule has 1 aromatic heterocycles. The Labute approximate surface area is 146 Å². The van der Waals surface area contributed by atoms with Crippen molar-refractivity contribution in [2.24, 2.45) is 0 Å². The third kappa shape index (κ3) is 5.83. The summed E-state index contributed by atoms with van der Waals surface area (Å²) >= 11 is 1.07. The largest absolute Gasteiger partial charge is 0.416 e. The summed E-state index contributed by atoms with van der Waals surface area (Å²) in [7, 11) is -3.60. The number of sulfonamides is 1. The molecule has 2 N–H and O–H groups in total. The fraction of sp³-hybridized carbons (Fsp3) is 0.267. The van der Waals surface area contributed by atoms with E-state index >= 15 is 0 Å². The number of thiophene rings is 1. The van der Waals surface area contributed by atoms with Crippen molar-refractivity contribution < 1.29 is 26.4 Å². The number of benzene rings is 1. The topological polar surface area (TPSA) is 75.3 Å². The average Bonchev–Trinajstić information content (AvgIpc) is 3.06. The van der Waals surface area contributed by atoms with E-state index in [9.17, 15) is 26.4 Å². The molecule has 0 spiro atoms. The van der Waals surface area contributed by atoms with Crippen LogP contribution in [0.1, 0.15) is 11.1 Å². The zero-order valence-corrected chi connectivity index (χ0v) is 14.5. The molecule has 1 heterocycles. The first kappa shape index (κ1) is 19.4. The van der Waals surface area contributed by atoms with Crippen LogP contribution in [0.5, 0.6) is 0 Å². The Morgan fingerprint density at radius 2 is 1.88 bits per heavy atom. The Morgan fingerprint density at radius 1 is 1.12 bits per heavy atom. The summed E-state index contributed by atoms with van der Waals surface area (Å²) in [4.78, 5) is 11.8. The van der Waals surface area contributed by atoms with Crippen LogP contribution in [0, 0.1) is 0 Å². The molecule has 0 aliphatic carbocycles. The Kier molecular flexibility index (Phi) is 6.20. The van der Waals surface area contributed by atoms with Gasteiger partial charge in [0.1, 0.15) is 4.21 Å². The van der Waals surface area contributed by atoms with Crippen LogP contribution in [0.2, 0.25) is 0 Å². The van der Waals surface area contributed by atoms with E-state index in [1.54, 1.807) is 11.4 Å². The second-order valence-corrected chi connectivity index (χ2v) is 8.00. The highest BCUT2D eigenvalue weighted by molar-refractivity contribution is 7.91. The molecule has 0 aliphatic heterocycles. The maximum absolute atomic E-state index is 12.6. The minimum atomic E-state index is -4.47. The van der Waals surface area contributed by atoms with E-state index in [4.69, 9.17) is 0 Å². The minimum absolute atomic E-state index is 0.0193. The Balaban J connectivity index is 1.80. The maximum atomic E-state index is 12.6. The fourth-order valence-electron chi connectivity index (χ4n) is 1.98. The molecule has 1 aromatic carbocycles. The van der Waals surface area contributed by atoms with Gasteiger partial charge in [0.25, 0.3) is 0 Å². The molecule has 0 saturated heterocycles. The van der Waals surface area contributed by atoms with Gasteiger partial charge in [0.05, 0.1) is 12.0 Å². The highest BCUT2D eigenvalue weighted by Crippen LogP contribution is 2.29. The predicted molar refractivity (Wildman–Crippen MR) is 87.7 cm³/mol. The van der Waals surface area contributed by atoms with Gasteiger partial charge in [0.15, 0.2) is 0 Å². The second-order valence-electron chi connectivity index (χ2n) is 5.05. The van der Waals surface area contributed by atoms with Gasteiger partial charge >= 0.3 is 6.18 Å². The number of carbonyl (C=O) groups is 1. The molecule has 5 nitrogen and oxygen atoms in total. The van der Waals surface area contributed by atoms with Crippen molar-refractivity contribution in [1.29, 1.82) is 0 Å². The highest BCUT2D eigenvalue weighted by atomic mass is 32.2. The van der Waals surface area contributed by atoms with Gasteiger partial charge < -0.3 is 5.32 Å². The third-order valence-corrected chi connectivity index (χ3v) is 5.98. The van der Waals surface area contributed by atoms with Crippen molar-refractivity contribution in [2.75, 3.05) is 13.1 Å². The van der Waals surface area contributed by atoms with E-state index in [1.807, 2.05) is 0 Å². The lowest BCUT2D eigenvalue weighted by molar-refractivity contribution is -0.137. The van der Waals surface area contributed by atoms with E-state index in [1.165, 1.54) is 18.2 Å². The van der Waals surface area contributed by atoms with Crippen LogP contribution in [0.4, 0.5) is 13.2 Å². The van der Waals surface area contributed by atoms with E-state index in [2.05, 4.69) is 10.0 Å². The van der Waals surface area contributed by atoms with Crippen molar-refractivity contribution in [2.45, 2.75) is 16.8 Å². The van der Waals surface area contributed by atoms with Crippen molar-refractivity contribution in [3.63, 3.8) is 0 Å². The molecule has 10 heteroatoms. The smallest absolute Gasteiger partial charge is 0.355 e. The average molecular weight is 392 g/mol. The molecule has 2 rings (SSSR count). The number of rotatable bonds is 7. The van der Waals surface area contributed by atoms with Gasteiger partial charge in [-0.05, 0) is 23.1 Å². The SMILES string of the molecule is O=C(Cc1cccc(C(F)(F)F)c1)NCCNS(=O)(=O)c1cccs1. The molecule has 0 bridgehead atoms. The summed E-state index contributed by atoms with van der Waals surface area (Å²) in [5.74, 6) is -0.491. The summed E-state index contributed by atoms with van der Waals surface area (Å²) in [5.41, 5.74) is -0.590. The lowest BCUT2D eigenvalue weighted by Crippen LogP contribution is -2.35. The van der Waals surface area contributed by atoms with Crippen LogP contribution in [0.25, 0.3) is 0 Å². The number of carbonyl (C=O) groups excluding carboxylic acids is 1. The van der Waals surface area contributed by atoms with Crippen LogP contribution in [0.3, 0.4) is 0 Å². The van der Waals surface area contributed by atoms with Crippen LogP contribution >= 0.6 is 11.3 Å². The third-order valence-electron chi connectivity index (χ3n) is 3.12.